The van der Waals surface area contributed by atoms with Crippen molar-refractivity contribution >= 4 is 12.0 Å². The molecule has 2 aromatic carbocycles. The van der Waals surface area contributed by atoms with E-state index in [2.05, 4.69) is 0 Å². The number of carbonyl (C=O) groups is 1. The Hall–Kier alpha value is -2.80. The summed E-state index contributed by atoms with van der Waals surface area (Å²) in [6, 6.07) is 12.0. The van der Waals surface area contributed by atoms with Gasteiger partial charge in [0.1, 0.15) is 5.75 Å². The third-order valence-corrected chi connectivity index (χ3v) is 3.92. The van der Waals surface area contributed by atoms with Gasteiger partial charge in [0.15, 0.2) is 0 Å². The van der Waals surface area contributed by atoms with E-state index in [0.717, 1.165) is 22.8 Å². The van der Waals surface area contributed by atoms with Crippen LogP contribution in [-0.2, 0) is 11.3 Å². The summed E-state index contributed by atoms with van der Waals surface area (Å²) in [5.74, 6) is -1.67. The molecule has 1 atom stereocenters. The minimum absolute atomic E-state index is 0.00495. The smallest absolute Gasteiger partial charge is 0.430 e. The van der Waals surface area contributed by atoms with Gasteiger partial charge < -0.3 is 15.6 Å². The Bertz CT molecular complexity index is 842. The number of halogens is 3. The Morgan fingerprint density at radius 3 is 2.32 bits per heavy atom. The van der Waals surface area contributed by atoms with Gasteiger partial charge in [-0.2, -0.15) is 13.2 Å². The highest BCUT2D eigenvalue weighted by atomic mass is 19.4. The Morgan fingerprint density at radius 2 is 1.76 bits per heavy atom. The van der Waals surface area contributed by atoms with Gasteiger partial charge in [0.25, 0.3) is 0 Å². The first kappa shape index (κ1) is 17.0. The zero-order valence-corrected chi connectivity index (χ0v) is 12.9. The van der Waals surface area contributed by atoms with Crippen LogP contribution < -0.4 is 10.5 Å². The minimum Gasteiger partial charge on any atom is -0.478 e. The number of alkyl halides is 3. The molecule has 2 aromatic rings. The highest BCUT2D eigenvalue weighted by Gasteiger charge is 2.48. The lowest BCUT2D eigenvalue weighted by molar-refractivity contribution is -0.187. The Kier molecular flexibility index (Phi) is 4.26. The number of rotatable bonds is 3. The van der Waals surface area contributed by atoms with Crippen molar-refractivity contribution in [1.82, 2.24) is 0 Å². The number of hydrogen-bond donors (Lipinski definition) is 2. The molecule has 0 radical (unpaired) electrons. The first-order valence-corrected chi connectivity index (χ1v) is 7.41. The molecule has 1 unspecified atom stereocenters. The molecule has 0 saturated heterocycles. The summed E-state index contributed by atoms with van der Waals surface area (Å²) in [5.41, 5.74) is 7.52. The van der Waals surface area contributed by atoms with Crippen molar-refractivity contribution in [1.29, 1.82) is 0 Å². The molecule has 0 amide bonds. The number of aliphatic carboxylic acids is 1. The van der Waals surface area contributed by atoms with Crippen molar-refractivity contribution in [3.05, 3.63) is 59.2 Å². The van der Waals surface area contributed by atoms with Crippen LogP contribution in [0.25, 0.3) is 17.2 Å². The van der Waals surface area contributed by atoms with Gasteiger partial charge >= 0.3 is 12.1 Å². The number of ether oxygens (including phenoxy) is 1. The highest BCUT2D eigenvalue weighted by Crippen LogP contribution is 2.38. The maximum Gasteiger partial charge on any atom is 0.430 e. The summed E-state index contributed by atoms with van der Waals surface area (Å²) >= 11 is 0. The van der Waals surface area contributed by atoms with Crippen LogP contribution in [0, 0.1) is 0 Å². The molecular formula is C18H14F3NO3. The molecule has 4 nitrogen and oxygen atoms in total. The maximum atomic E-state index is 13.0. The van der Waals surface area contributed by atoms with Crippen molar-refractivity contribution in [3.63, 3.8) is 0 Å². The predicted octanol–water partition coefficient (Wildman–Crippen LogP) is 3.60. The number of carboxylic acids is 1. The van der Waals surface area contributed by atoms with E-state index in [-0.39, 0.29) is 5.75 Å². The lowest BCUT2D eigenvalue weighted by Crippen LogP contribution is -2.40. The third kappa shape index (κ3) is 3.36. The van der Waals surface area contributed by atoms with Crippen molar-refractivity contribution in [3.8, 4) is 16.9 Å². The first-order valence-electron chi connectivity index (χ1n) is 7.41. The van der Waals surface area contributed by atoms with Crippen LogP contribution >= 0.6 is 0 Å². The molecule has 1 aliphatic heterocycles. The van der Waals surface area contributed by atoms with Crippen LogP contribution in [0.3, 0.4) is 0 Å². The molecule has 0 aliphatic carbocycles. The lowest BCUT2D eigenvalue weighted by Gasteiger charge is -2.27. The van der Waals surface area contributed by atoms with Crippen molar-refractivity contribution in [2.45, 2.75) is 18.8 Å². The van der Waals surface area contributed by atoms with E-state index in [1.54, 1.807) is 12.1 Å². The van der Waals surface area contributed by atoms with Crippen LogP contribution in [0.1, 0.15) is 11.1 Å². The molecule has 0 saturated carbocycles. The fourth-order valence-corrected chi connectivity index (χ4v) is 2.63. The highest BCUT2D eigenvalue weighted by molar-refractivity contribution is 5.95. The van der Waals surface area contributed by atoms with E-state index >= 15 is 0 Å². The summed E-state index contributed by atoms with van der Waals surface area (Å²) in [5, 5.41) is 9.08. The third-order valence-electron chi connectivity index (χ3n) is 3.92. The average molecular weight is 349 g/mol. The molecule has 1 heterocycles. The molecule has 3 rings (SSSR count). The standard InChI is InChI=1S/C18H14F3NO3/c19-18(20,21)16-14(17(23)24)8-13-7-12(5-6-15(13)25-16)11-3-1-10(9-22)2-4-11/h1-8,16H,9,22H2,(H,23,24). The summed E-state index contributed by atoms with van der Waals surface area (Å²) in [4.78, 5) is 11.2. The first-order chi connectivity index (χ1) is 11.8. The van der Waals surface area contributed by atoms with Gasteiger partial charge in [-0.25, -0.2) is 4.79 Å². The second-order valence-corrected chi connectivity index (χ2v) is 5.60. The lowest BCUT2D eigenvalue weighted by atomic mass is 9.97. The number of carboxylic acid groups (broad SMARTS) is 1. The van der Waals surface area contributed by atoms with Crippen molar-refractivity contribution < 1.29 is 27.8 Å². The van der Waals surface area contributed by atoms with E-state index in [1.165, 1.54) is 6.07 Å². The molecule has 25 heavy (non-hydrogen) atoms. The van der Waals surface area contributed by atoms with Gasteiger partial charge in [-0.05, 0) is 34.9 Å². The SMILES string of the molecule is NCc1ccc(-c2ccc3c(c2)C=C(C(=O)O)C(C(F)(F)F)O3)cc1. The summed E-state index contributed by atoms with van der Waals surface area (Å²) < 4.78 is 44.0. The van der Waals surface area contributed by atoms with E-state index in [0.29, 0.717) is 12.1 Å². The second kappa shape index (κ2) is 6.25. The Morgan fingerprint density at radius 1 is 1.12 bits per heavy atom. The summed E-state index contributed by atoms with van der Waals surface area (Å²) in [6.45, 7) is 0.405. The summed E-state index contributed by atoms with van der Waals surface area (Å²) in [7, 11) is 0. The fraction of sp³-hybridized carbons (Fsp3) is 0.167. The number of hydrogen-bond acceptors (Lipinski definition) is 3. The molecule has 3 N–H and O–H groups in total. The Labute approximate surface area is 141 Å². The maximum absolute atomic E-state index is 13.0. The second-order valence-electron chi connectivity index (χ2n) is 5.60. The fourth-order valence-electron chi connectivity index (χ4n) is 2.63. The largest absolute Gasteiger partial charge is 0.478 e. The summed E-state index contributed by atoms with van der Waals surface area (Å²) in [6.07, 6.45) is -6.28. The minimum atomic E-state index is -4.81. The molecule has 0 fully saturated rings. The van der Waals surface area contributed by atoms with E-state index in [1.807, 2.05) is 24.3 Å². The Balaban J connectivity index is 2.02. The van der Waals surface area contributed by atoms with Gasteiger partial charge in [0, 0.05) is 12.1 Å². The van der Waals surface area contributed by atoms with Crippen molar-refractivity contribution in [2.24, 2.45) is 5.73 Å². The van der Waals surface area contributed by atoms with E-state index in [9.17, 15) is 18.0 Å². The van der Waals surface area contributed by atoms with Crippen molar-refractivity contribution in [2.75, 3.05) is 0 Å². The van der Waals surface area contributed by atoms with E-state index in [4.69, 9.17) is 15.6 Å². The predicted molar refractivity (Wildman–Crippen MR) is 85.9 cm³/mol. The normalized spacial score (nSPS) is 16.6. The van der Waals surface area contributed by atoms with Gasteiger partial charge in [-0.3, -0.25) is 0 Å². The van der Waals surface area contributed by atoms with Crippen LogP contribution in [0.2, 0.25) is 0 Å². The van der Waals surface area contributed by atoms with Crippen LogP contribution in [0.4, 0.5) is 13.2 Å². The molecule has 0 spiro atoms. The van der Waals surface area contributed by atoms with Gasteiger partial charge in [0.05, 0.1) is 5.57 Å². The van der Waals surface area contributed by atoms with Gasteiger partial charge in [0.2, 0.25) is 6.10 Å². The number of nitrogens with two attached hydrogens (primary N) is 1. The molecule has 7 heteroatoms. The zero-order valence-electron chi connectivity index (χ0n) is 12.9. The van der Waals surface area contributed by atoms with Gasteiger partial charge in [-0.15, -0.1) is 0 Å². The zero-order chi connectivity index (χ0) is 18.2. The number of benzene rings is 2. The molecule has 0 bridgehead atoms. The van der Waals surface area contributed by atoms with Crippen LogP contribution in [0.5, 0.6) is 5.75 Å². The average Bonchev–Trinajstić information content (AvgIpc) is 2.59. The molecular weight excluding hydrogens is 335 g/mol. The monoisotopic (exact) mass is 349 g/mol. The topological polar surface area (TPSA) is 72.6 Å². The molecule has 1 aliphatic rings. The van der Waals surface area contributed by atoms with Crippen LogP contribution in [0.15, 0.2) is 48.0 Å². The molecule has 0 aromatic heterocycles. The molecule has 130 valence electrons. The number of fused-ring (bicyclic) bond motifs is 1. The van der Waals surface area contributed by atoms with Crippen LogP contribution in [-0.4, -0.2) is 23.4 Å². The van der Waals surface area contributed by atoms with E-state index < -0.39 is 23.8 Å². The quantitative estimate of drug-likeness (QED) is 0.888. The van der Waals surface area contributed by atoms with Gasteiger partial charge in [-0.1, -0.05) is 30.3 Å².